The number of aromatic nitrogens is 2. The molecule has 2 aliphatic rings. The van der Waals surface area contributed by atoms with Crippen molar-refractivity contribution in [3.63, 3.8) is 0 Å². The molecule has 1 aromatic carbocycles. The number of ether oxygens (including phenoxy) is 2. The number of H-pyrrole nitrogens is 1. The first-order valence-corrected chi connectivity index (χ1v) is 9.72. The highest BCUT2D eigenvalue weighted by Gasteiger charge is 2.60. The van der Waals surface area contributed by atoms with Gasteiger partial charge in [-0.25, -0.2) is 4.79 Å². The summed E-state index contributed by atoms with van der Waals surface area (Å²) in [6.45, 7) is 3.99. The largest absolute Gasteiger partial charge is 0.462 e. The molecule has 0 radical (unpaired) electrons. The van der Waals surface area contributed by atoms with Gasteiger partial charge in [-0.05, 0) is 31.5 Å². The minimum Gasteiger partial charge on any atom is -0.462 e. The number of aromatic amines is 1. The number of rotatable bonds is 4. The average molecular weight is 447 g/mol. The lowest BCUT2D eigenvalue weighted by Crippen LogP contribution is -2.46. The number of nitrogens with zero attached hydrogens (tertiary/aromatic N) is 1. The van der Waals surface area contributed by atoms with Crippen molar-refractivity contribution in [3.8, 4) is 5.88 Å². The average Bonchev–Trinajstić information content (AvgIpc) is 3.14. The lowest BCUT2D eigenvalue weighted by atomic mass is 9.68. The summed E-state index contributed by atoms with van der Waals surface area (Å²) in [5.41, 5.74) is 6.83. The Balaban J connectivity index is 1.99. The summed E-state index contributed by atoms with van der Waals surface area (Å²) in [6.07, 6.45) is 1.57. The highest BCUT2D eigenvalue weighted by molar-refractivity contribution is 9.10. The lowest BCUT2D eigenvalue weighted by Gasteiger charge is -2.33. The first-order valence-electron chi connectivity index (χ1n) is 8.93. The maximum atomic E-state index is 13.4. The van der Waals surface area contributed by atoms with Crippen LogP contribution in [0.5, 0.6) is 5.88 Å². The van der Waals surface area contributed by atoms with Crippen LogP contribution in [0.1, 0.15) is 36.6 Å². The Hall–Kier alpha value is -2.81. The zero-order chi connectivity index (χ0) is 20.1. The van der Waals surface area contributed by atoms with Crippen molar-refractivity contribution in [2.45, 2.75) is 32.1 Å². The fourth-order valence-electron chi connectivity index (χ4n) is 3.79. The molecule has 4 N–H and O–H groups in total. The molecule has 0 bridgehead atoms. The first-order chi connectivity index (χ1) is 13.4. The van der Waals surface area contributed by atoms with Crippen molar-refractivity contribution in [1.82, 2.24) is 10.2 Å². The Morgan fingerprint density at radius 2 is 2.21 bits per heavy atom. The molecule has 8 nitrogen and oxygen atoms in total. The molecule has 1 unspecified atom stereocenters. The lowest BCUT2D eigenvalue weighted by molar-refractivity contribution is -0.141. The molecule has 0 saturated carbocycles. The number of esters is 1. The van der Waals surface area contributed by atoms with E-state index in [0.717, 1.165) is 10.9 Å². The molecule has 0 aliphatic carbocycles. The fourth-order valence-corrected chi connectivity index (χ4v) is 4.15. The molecule has 9 heteroatoms. The summed E-state index contributed by atoms with van der Waals surface area (Å²) in [7, 11) is 0. The molecular weight excluding hydrogens is 428 g/mol. The number of halogens is 1. The van der Waals surface area contributed by atoms with E-state index in [1.807, 2.05) is 13.0 Å². The number of amides is 1. The van der Waals surface area contributed by atoms with Crippen molar-refractivity contribution in [2.75, 3.05) is 11.9 Å². The number of carbonyl (C=O) groups is 2. The summed E-state index contributed by atoms with van der Waals surface area (Å²) in [4.78, 5) is 26.5. The molecule has 1 aromatic heterocycles. The summed E-state index contributed by atoms with van der Waals surface area (Å²) in [6, 6.07) is 5.38. The number of nitrogens with one attached hydrogen (secondary N) is 2. The molecule has 0 saturated heterocycles. The molecule has 28 heavy (non-hydrogen) atoms. The van der Waals surface area contributed by atoms with Crippen LogP contribution in [0.15, 0.2) is 34.1 Å². The fraction of sp³-hybridized carbons (Fsp3) is 0.316. The van der Waals surface area contributed by atoms with E-state index < -0.39 is 17.3 Å². The number of benzene rings is 1. The Bertz CT molecular complexity index is 1030. The van der Waals surface area contributed by atoms with Crippen LogP contribution < -0.4 is 15.8 Å². The highest BCUT2D eigenvalue weighted by atomic mass is 79.9. The number of unbranched alkanes of at least 4 members (excludes halogenated alkanes) is 1. The normalized spacial score (nSPS) is 19.9. The zero-order valence-corrected chi connectivity index (χ0v) is 17.0. The van der Waals surface area contributed by atoms with Gasteiger partial charge in [0.25, 0.3) is 0 Å². The molecule has 2 aromatic rings. The number of fused-ring (bicyclic) bond motifs is 4. The predicted octanol–water partition coefficient (Wildman–Crippen LogP) is 2.62. The number of anilines is 1. The van der Waals surface area contributed by atoms with Gasteiger partial charge in [0.1, 0.15) is 11.0 Å². The van der Waals surface area contributed by atoms with E-state index in [9.17, 15) is 9.59 Å². The molecular formula is C19H19BrN4O4. The van der Waals surface area contributed by atoms with Crippen LogP contribution >= 0.6 is 15.9 Å². The third kappa shape index (κ3) is 2.46. The second-order valence-electron chi connectivity index (χ2n) is 6.75. The Labute approximate surface area is 169 Å². The summed E-state index contributed by atoms with van der Waals surface area (Å²) in [5.74, 6) is -1.10. The highest BCUT2D eigenvalue weighted by Crippen LogP contribution is 2.54. The summed E-state index contributed by atoms with van der Waals surface area (Å²) < 4.78 is 11.8. The summed E-state index contributed by atoms with van der Waals surface area (Å²) >= 11 is 3.45. The maximum absolute atomic E-state index is 13.4. The molecule has 2 aliphatic heterocycles. The number of nitrogens with two attached hydrogens (primary N) is 1. The van der Waals surface area contributed by atoms with Gasteiger partial charge in [0.05, 0.1) is 12.2 Å². The maximum Gasteiger partial charge on any atom is 0.341 e. The van der Waals surface area contributed by atoms with Gasteiger partial charge in [-0.1, -0.05) is 29.3 Å². The van der Waals surface area contributed by atoms with Crippen LogP contribution in [-0.2, 0) is 19.7 Å². The molecule has 4 rings (SSSR count). The molecule has 146 valence electrons. The van der Waals surface area contributed by atoms with E-state index in [1.165, 1.54) is 0 Å². The van der Waals surface area contributed by atoms with Crippen molar-refractivity contribution >= 4 is 33.5 Å². The van der Waals surface area contributed by atoms with E-state index in [1.54, 1.807) is 19.1 Å². The van der Waals surface area contributed by atoms with Gasteiger partial charge in [0, 0.05) is 21.4 Å². The van der Waals surface area contributed by atoms with Crippen molar-refractivity contribution < 1.29 is 19.1 Å². The topological polar surface area (TPSA) is 119 Å². The quantitative estimate of drug-likeness (QED) is 0.490. The van der Waals surface area contributed by atoms with Gasteiger partial charge in [0.2, 0.25) is 17.7 Å². The van der Waals surface area contributed by atoms with E-state index in [-0.39, 0.29) is 23.9 Å². The van der Waals surface area contributed by atoms with Crippen LogP contribution in [0.25, 0.3) is 0 Å². The summed E-state index contributed by atoms with van der Waals surface area (Å²) in [5, 5.41) is 9.81. The van der Waals surface area contributed by atoms with Crippen LogP contribution in [-0.4, -0.2) is 28.7 Å². The van der Waals surface area contributed by atoms with Gasteiger partial charge in [-0.2, -0.15) is 0 Å². The molecule has 1 spiro atoms. The Morgan fingerprint density at radius 3 is 2.96 bits per heavy atom. The number of hydrogen-bond acceptors (Lipinski definition) is 6. The Morgan fingerprint density at radius 1 is 1.43 bits per heavy atom. The van der Waals surface area contributed by atoms with Crippen molar-refractivity contribution in [2.24, 2.45) is 5.73 Å². The van der Waals surface area contributed by atoms with Crippen molar-refractivity contribution in [3.05, 3.63) is 50.9 Å². The van der Waals surface area contributed by atoms with E-state index in [2.05, 4.69) is 31.4 Å². The minimum atomic E-state index is -1.50. The van der Waals surface area contributed by atoms with Gasteiger partial charge in [-0.3, -0.25) is 9.89 Å². The van der Waals surface area contributed by atoms with E-state index in [0.29, 0.717) is 28.9 Å². The van der Waals surface area contributed by atoms with Gasteiger partial charge >= 0.3 is 5.97 Å². The second-order valence-corrected chi connectivity index (χ2v) is 7.67. The monoisotopic (exact) mass is 446 g/mol. The predicted molar refractivity (Wildman–Crippen MR) is 105 cm³/mol. The number of hydrogen-bond donors (Lipinski definition) is 3. The van der Waals surface area contributed by atoms with Crippen molar-refractivity contribution in [1.29, 1.82) is 0 Å². The third-order valence-corrected chi connectivity index (χ3v) is 5.52. The van der Waals surface area contributed by atoms with E-state index >= 15 is 0 Å². The van der Waals surface area contributed by atoms with Crippen LogP contribution in [0.3, 0.4) is 0 Å². The standard InChI is InChI=1S/C19H19BrN4O4/c1-3-4-7-27-17(25)14-15(21)28-16-13(9(2)23-24-16)19(14)11-8-10(20)5-6-12(11)22-18(19)26/h5-6,8H,3-4,7,21H2,1-2H3,(H,22,26)(H,23,24). The second kappa shape index (κ2) is 6.66. The molecule has 3 heterocycles. The smallest absolute Gasteiger partial charge is 0.341 e. The molecule has 1 amide bonds. The van der Waals surface area contributed by atoms with Gasteiger partial charge in [0.15, 0.2) is 0 Å². The van der Waals surface area contributed by atoms with Crippen LogP contribution in [0.4, 0.5) is 5.69 Å². The van der Waals surface area contributed by atoms with Gasteiger partial charge in [-0.15, -0.1) is 5.10 Å². The van der Waals surface area contributed by atoms with Gasteiger partial charge < -0.3 is 20.5 Å². The first kappa shape index (κ1) is 18.5. The molecule has 1 atom stereocenters. The van der Waals surface area contributed by atoms with Crippen LogP contribution in [0.2, 0.25) is 0 Å². The number of aryl methyl sites for hydroxylation is 1. The Kier molecular flexibility index (Phi) is 4.41. The zero-order valence-electron chi connectivity index (χ0n) is 15.4. The van der Waals surface area contributed by atoms with E-state index in [4.69, 9.17) is 15.2 Å². The SMILES string of the molecule is CCCCOC(=O)C1=C(N)Oc2n[nH]c(C)c2C12C(=O)Nc1ccc(Br)cc12. The third-order valence-electron chi connectivity index (χ3n) is 5.03. The molecule has 0 fully saturated rings. The van der Waals surface area contributed by atoms with Crippen LogP contribution in [0, 0.1) is 6.92 Å². The minimum absolute atomic E-state index is 0.0325. The number of carbonyl (C=O) groups excluding carboxylic acids is 2.